The Hall–Kier alpha value is -1.07. The fourth-order valence-electron chi connectivity index (χ4n) is 1.14. The van der Waals surface area contributed by atoms with Crippen molar-refractivity contribution in [2.24, 2.45) is 5.11 Å². The van der Waals surface area contributed by atoms with Crippen molar-refractivity contribution in [3.8, 4) is 0 Å². The molecule has 0 saturated heterocycles. The summed E-state index contributed by atoms with van der Waals surface area (Å²) in [6.45, 7) is -0.154. The lowest BCUT2D eigenvalue weighted by Gasteiger charge is -2.17. The second-order valence-electron chi connectivity index (χ2n) is 2.95. The van der Waals surface area contributed by atoms with Gasteiger partial charge >= 0.3 is 0 Å². The first-order valence-corrected chi connectivity index (χ1v) is 5.07. The molecule has 15 heavy (non-hydrogen) atoms. The molecule has 6 heteroatoms. The average molecular weight is 272 g/mol. The van der Waals surface area contributed by atoms with Crippen molar-refractivity contribution in [3.05, 3.63) is 44.7 Å². The Morgan fingerprint density at radius 3 is 2.67 bits per heavy atom. The van der Waals surface area contributed by atoms with Crippen molar-refractivity contribution in [2.75, 3.05) is 6.54 Å². The monoisotopic (exact) mass is 271 g/mol. The zero-order valence-electron chi connectivity index (χ0n) is 7.79. The number of aliphatic hydroxyl groups excluding tert-OH is 2. The first-order chi connectivity index (χ1) is 7.16. The maximum atomic E-state index is 9.73. The van der Waals surface area contributed by atoms with Crippen molar-refractivity contribution in [1.82, 2.24) is 0 Å². The Balaban J connectivity index is 2.79. The molecule has 1 rings (SSSR count). The quantitative estimate of drug-likeness (QED) is 0.499. The van der Waals surface area contributed by atoms with E-state index in [1.807, 2.05) is 0 Å². The summed E-state index contributed by atoms with van der Waals surface area (Å²) < 4.78 is 0.706. The first-order valence-electron chi connectivity index (χ1n) is 4.28. The van der Waals surface area contributed by atoms with Crippen LogP contribution in [0, 0.1) is 0 Å². The highest BCUT2D eigenvalue weighted by atomic mass is 79.9. The average Bonchev–Trinajstić information content (AvgIpc) is 2.25. The molecule has 2 unspecified atom stereocenters. The van der Waals surface area contributed by atoms with Crippen molar-refractivity contribution >= 4 is 15.9 Å². The molecular formula is C9H10BrN3O2. The third-order valence-electron chi connectivity index (χ3n) is 1.92. The van der Waals surface area contributed by atoms with Crippen LogP contribution in [0.1, 0.15) is 11.7 Å². The Morgan fingerprint density at radius 1 is 1.40 bits per heavy atom. The zero-order valence-corrected chi connectivity index (χ0v) is 9.37. The Labute approximate surface area is 95.1 Å². The predicted octanol–water partition coefficient (Wildman–Crippen LogP) is 2.15. The second kappa shape index (κ2) is 5.72. The minimum absolute atomic E-state index is 0.154. The summed E-state index contributed by atoms with van der Waals surface area (Å²) in [5, 5.41) is 22.4. The molecule has 1 aromatic carbocycles. The lowest BCUT2D eigenvalue weighted by Crippen LogP contribution is -2.21. The molecule has 0 heterocycles. The van der Waals surface area contributed by atoms with Gasteiger partial charge in [-0.3, -0.25) is 0 Å². The molecule has 0 aliphatic carbocycles. The Bertz CT molecular complexity index is 379. The second-order valence-corrected chi connectivity index (χ2v) is 3.80. The molecule has 2 N–H and O–H groups in total. The topological polar surface area (TPSA) is 89.2 Å². The van der Waals surface area contributed by atoms with E-state index in [9.17, 15) is 10.2 Å². The molecule has 0 fully saturated rings. The van der Waals surface area contributed by atoms with Gasteiger partial charge in [-0.1, -0.05) is 39.2 Å². The standard InChI is InChI=1S/C9H10BrN3O2/c10-7-4-2-1-3-6(7)9(15)8(14)5-12-13-11/h1-4,8-9,14-15H,5H2. The SMILES string of the molecule is [N-]=[N+]=NCC(O)C(O)c1ccccc1Br. The molecule has 0 saturated carbocycles. The molecule has 0 spiro atoms. The van der Waals surface area contributed by atoms with Gasteiger partial charge in [0, 0.05) is 9.38 Å². The van der Waals surface area contributed by atoms with Gasteiger partial charge in [0.25, 0.3) is 0 Å². The van der Waals surface area contributed by atoms with Gasteiger partial charge < -0.3 is 10.2 Å². The number of rotatable bonds is 4. The number of nitrogens with zero attached hydrogens (tertiary/aromatic N) is 3. The Morgan fingerprint density at radius 2 is 2.07 bits per heavy atom. The van der Waals surface area contributed by atoms with Gasteiger partial charge in [-0.05, 0) is 17.2 Å². The molecule has 0 aromatic heterocycles. The summed E-state index contributed by atoms with van der Waals surface area (Å²) in [4.78, 5) is 2.52. The molecule has 2 atom stereocenters. The van der Waals surface area contributed by atoms with E-state index in [4.69, 9.17) is 5.53 Å². The molecule has 80 valence electrons. The number of halogens is 1. The van der Waals surface area contributed by atoms with Crippen molar-refractivity contribution in [3.63, 3.8) is 0 Å². The van der Waals surface area contributed by atoms with Crippen LogP contribution in [-0.2, 0) is 0 Å². The number of aliphatic hydroxyl groups is 2. The normalized spacial score (nSPS) is 14.1. The van der Waals surface area contributed by atoms with Crippen LogP contribution >= 0.6 is 15.9 Å². The van der Waals surface area contributed by atoms with Crippen LogP contribution < -0.4 is 0 Å². The van der Waals surface area contributed by atoms with Crippen molar-refractivity contribution in [2.45, 2.75) is 12.2 Å². The van der Waals surface area contributed by atoms with Gasteiger partial charge in [-0.15, -0.1) is 0 Å². The molecule has 0 amide bonds. The summed E-state index contributed by atoms with van der Waals surface area (Å²) in [7, 11) is 0. The van der Waals surface area contributed by atoms with Gasteiger partial charge in [-0.2, -0.15) is 0 Å². The van der Waals surface area contributed by atoms with Crippen LogP contribution in [0.5, 0.6) is 0 Å². The predicted molar refractivity (Wildman–Crippen MR) is 59.1 cm³/mol. The van der Waals surface area contributed by atoms with E-state index in [2.05, 4.69) is 26.0 Å². The lowest BCUT2D eigenvalue weighted by atomic mass is 10.0. The van der Waals surface area contributed by atoms with Crippen LogP contribution in [0.25, 0.3) is 10.4 Å². The first kappa shape index (κ1) is 12.0. The molecule has 0 aliphatic rings. The summed E-state index contributed by atoms with van der Waals surface area (Å²) in [5.74, 6) is 0. The zero-order chi connectivity index (χ0) is 11.3. The van der Waals surface area contributed by atoms with Crippen LogP contribution in [0.2, 0.25) is 0 Å². The number of hydrogen-bond acceptors (Lipinski definition) is 3. The van der Waals surface area contributed by atoms with Gasteiger partial charge in [0.05, 0.1) is 12.6 Å². The van der Waals surface area contributed by atoms with E-state index in [0.717, 1.165) is 0 Å². The van der Waals surface area contributed by atoms with E-state index in [0.29, 0.717) is 10.0 Å². The minimum atomic E-state index is -1.10. The molecule has 1 aromatic rings. The van der Waals surface area contributed by atoms with E-state index in [1.165, 1.54) is 0 Å². The lowest BCUT2D eigenvalue weighted by molar-refractivity contribution is 0.0240. The summed E-state index contributed by atoms with van der Waals surface area (Å²) in [5.41, 5.74) is 8.65. The van der Waals surface area contributed by atoms with Gasteiger partial charge in [-0.25, -0.2) is 0 Å². The summed E-state index contributed by atoms with van der Waals surface area (Å²) in [6, 6.07) is 7.01. The molecular weight excluding hydrogens is 262 g/mol. The third kappa shape index (κ3) is 3.21. The van der Waals surface area contributed by atoms with Gasteiger partial charge in [0.1, 0.15) is 6.10 Å². The molecule has 0 radical (unpaired) electrons. The van der Waals surface area contributed by atoms with Crippen molar-refractivity contribution in [1.29, 1.82) is 0 Å². The molecule has 5 nitrogen and oxygen atoms in total. The highest BCUT2D eigenvalue weighted by Crippen LogP contribution is 2.25. The fourth-order valence-corrected chi connectivity index (χ4v) is 1.66. The highest BCUT2D eigenvalue weighted by Gasteiger charge is 2.19. The maximum Gasteiger partial charge on any atom is 0.106 e. The third-order valence-corrected chi connectivity index (χ3v) is 2.64. The minimum Gasteiger partial charge on any atom is -0.390 e. The number of benzene rings is 1. The highest BCUT2D eigenvalue weighted by molar-refractivity contribution is 9.10. The van der Waals surface area contributed by atoms with Gasteiger partial charge in [0.2, 0.25) is 0 Å². The molecule has 0 aliphatic heterocycles. The molecule has 0 bridgehead atoms. The number of hydrogen-bond donors (Lipinski definition) is 2. The van der Waals surface area contributed by atoms with E-state index < -0.39 is 12.2 Å². The summed E-state index contributed by atoms with van der Waals surface area (Å²) in [6.07, 6.45) is -2.16. The largest absolute Gasteiger partial charge is 0.390 e. The fraction of sp³-hybridized carbons (Fsp3) is 0.333. The van der Waals surface area contributed by atoms with Crippen molar-refractivity contribution < 1.29 is 10.2 Å². The van der Waals surface area contributed by atoms with Gasteiger partial charge in [0.15, 0.2) is 0 Å². The van der Waals surface area contributed by atoms with Crippen LogP contribution in [0.3, 0.4) is 0 Å². The maximum absolute atomic E-state index is 9.73. The van der Waals surface area contributed by atoms with Crippen LogP contribution in [-0.4, -0.2) is 22.9 Å². The van der Waals surface area contributed by atoms with Crippen LogP contribution in [0.4, 0.5) is 0 Å². The van der Waals surface area contributed by atoms with Crippen LogP contribution in [0.15, 0.2) is 33.9 Å². The van der Waals surface area contributed by atoms with E-state index >= 15 is 0 Å². The van der Waals surface area contributed by atoms with E-state index in [1.54, 1.807) is 24.3 Å². The smallest absolute Gasteiger partial charge is 0.106 e. The number of azide groups is 1. The summed E-state index contributed by atoms with van der Waals surface area (Å²) >= 11 is 3.26. The van der Waals surface area contributed by atoms with E-state index in [-0.39, 0.29) is 6.54 Å². The Kier molecular flexibility index (Phi) is 4.58.